The van der Waals surface area contributed by atoms with Gasteiger partial charge in [0.15, 0.2) is 0 Å². The van der Waals surface area contributed by atoms with Gasteiger partial charge in [0.1, 0.15) is 5.75 Å². The molecule has 0 bridgehead atoms. The van der Waals surface area contributed by atoms with Crippen LogP contribution in [0.2, 0.25) is 0 Å². The molecule has 0 spiro atoms. The smallest absolute Gasteiger partial charge is 0.310 e. The van der Waals surface area contributed by atoms with Crippen molar-refractivity contribution in [2.45, 2.75) is 40.5 Å². The third-order valence-corrected chi connectivity index (χ3v) is 2.47. The van der Waals surface area contributed by atoms with Gasteiger partial charge in [0, 0.05) is 6.42 Å². The molecule has 0 aromatic heterocycles. The van der Waals surface area contributed by atoms with Crippen LogP contribution in [0.15, 0.2) is 18.2 Å². The van der Waals surface area contributed by atoms with E-state index in [1.165, 1.54) is 11.1 Å². The molecular formula is C14H20O2. The molecule has 0 atom stereocenters. The van der Waals surface area contributed by atoms with Crippen LogP contribution in [0, 0.1) is 12.8 Å². The maximum atomic E-state index is 11.2. The Kier molecular flexibility index (Phi) is 4.53. The lowest BCUT2D eigenvalue weighted by Gasteiger charge is -2.10. The second kappa shape index (κ2) is 5.69. The Morgan fingerprint density at radius 3 is 2.62 bits per heavy atom. The second-order valence-corrected chi connectivity index (χ2v) is 4.51. The third kappa shape index (κ3) is 3.69. The van der Waals surface area contributed by atoms with Crippen LogP contribution in [0.25, 0.3) is 0 Å². The molecule has 0 unspecified atom stereocenters. The van der Waals surface area contributed by atoms with E-state index in [1.54, 1.807) is 6.92 Å². The van der Waals surface area contributed by atoms with E-state index in [0.717, 1.165) is 6.42 Å². The number of hydrogen-bond donors (Lipinski definition) is 0. The molecular weight excluding hydrogens is 200 g/mol. The van der Waals surface area contributed by atoms with Gasteiger partial charge in [-0.15, -0.1) is 0 Å². The average Bonchev–Trinajstić information content (AvgIpc) is 2.22. The molecule has 88 valence electrons. The Morgan fingerprint density at radius 2 is 2.06 bits per heavy atom. The summed E-state index contributed by atoms with van der Waals surface area (Å²) in [4.78, 5) is 11.2. The summed E-state index contributed by atoms with van der Waals surface area (Å²) < 4.78 is 5.20. The van der Waals surface area contributed by atoms with E-state index in [4.69, 9.17) is 4.74 Å². The molecule has 0 aliphatic carbocycles. The number of carbonyl (C=O) groups excluding carboxylic acids is 1. The second-order valence-electron chi connectivity index (χ2n) is 4.51. The minimum Gasteiger partial charge on any atom is -0.427 e. The van der Waals surface area contributed by atoms with Crippen LogP contribution in [0.3, 0.4) is 0 Å². The lowest BCUT2D eigenvalue weighted by atomic mass is 9.98. The number of esters is 1. The number of ether oxygens (including phenoxy) is 1. The van der Waals surface area contributed by atoms with Gasteiger partial charge in [-0.25, -0.2) is 0 Å². The number of carbonyl (C=O) groups is 1. The van der Waals surface area contributed by atoms with Crippen molar-refractivity contribution in [3.05, 3.63) is 29.3 Å². The Morgan fingerprint density at radius 1 is 1.38 bits per heavy atom. The molecule has 0 aliphatic heterocycles. The molecule has 1 aromatic rings. The molecule has 2 nitrogen and oxygen atoms in total. The van der Waals surface area contributed by atoms with Crippen molar-refractivity contribution in [1.82, 2.24) is 0 Å². The molecule has 0 heterocycles. The van der Waals surface area contributed by atoms with Gasteiger partial charge in [-0.05, 0) is 42.5 Å². The highest BCUT2D eigenvalue weighted by molar-refractivity contribution is 5.72. The number of aryl methyl sites for hydroxylation is 1. The van der Waals surface area contributed by atoms with Crippen molar-refractivity contribution in [3.8, 4) is 5.75 Å². The minimum absolute atomic E-state index is 0.181. The first-order chi connectivity index (χ1) is 7.52. The van der Waals surface area contributed by atoms with Crippen molar-refractivity contribution < 1.29 is 9.53 Å². The molecule has 0 saturated carbocycles. The standard InChI is InChI=1S/C14H20O2/c1-5-14(15)16-13-7-6-11(4)12(9-13)8-10(2)3/h6-7,9-10H,5,8H2,1-4H3. The van der Waals surface area contributed by atoms with Gasteiger partial charge in [0.25, 0.3) is 0 Å². The summed E-state index contributed by atoms with van der Waals surface area (Å²) in [5.74, 6) is 1.09. The Labute approximate surface area is 97.6 Å². The first kappa shape index (κ1) is 12.8. The minimum atomic E-state index is -0.181. The van der Waals surface area contributed by atoms with Gasteiger partial charge < -0.3 is 4.74 Å². The monoisotopic (exact) mass is 220 g/mol. The fourth-order valence-corrected chi connectivity index (χ4v) is 1.57. The first-order valence-electron chi connectivity index (χ1n) is 5.83. The highest BCUT2D eigenvalue weighted by Gasteiger charge is 2.06. The largest absolute Gasteiger partial charge is 0.427 e. The van der Waals surface area contributed by atoms with Crippen molar-refractivity contribution in [3.63, 3.8) is 0 Å². The lowest BCUT2D eigenvalue weighted by Crippen LogP contribution is -2.06. The number of benzene rings is 1. The van der Waals surface area contributed by atoms with E-state index in [1.807, 2.05) is 18.2 Å². The zero-order valence-corrected chi connectivity index (χ0v) is 10.5. The Balaban J connectivity index is 2.84. The SMILES string of the molecule is CCC(=O)Oc1ccc(C)c(CC(C)C)c1. The van der Waals surface area contributed by atoms with Gasteiger partial charge in [-0.2, -0.15) is 0 Å². The molecule has 0 N–H and O–H groups in total. The fraction of sp³-hybridized carbons (Fsp3) is 0.500. The van der Waals surface area contributed by atoms with Crippen LogP contribution in [-0.2, 0) is 11.2 Å². The first-order valence-corrected chi connectivity index (χ1v) is 5.83. The predicted octanol–water partition coefficient (Wildman–Crippen LogP) is 3.51. The van der Waals surface area contributed by atoms with Gasteiger partial charge >= 0.3 is 5.97 Å². The zero-order valence-electron chi connectivity index (χ0n) is 10.5. The van der Waals surface area contributed by atoms with E-state index in [2.05, 4.69) is 20.8 Å². The van der Waals surface area contributed by atoms with Crippen molar-refractivity contribution in [2.24, 2.45) is 5.92 Å². The van der Waals surface area contributed by atoms with Gasteiger partial charge in [0.05, 0.1) is 0 Å². The van der Waals surface area contributed by atoms with E-state index < -0.39 is 0 Å². The van der Waals surface area contributed by atoms with Gasteiger partial charge in [-0.3, -0.25) is 4.79 Å². The molecule has 0 fully saturated rings. The van der Waals surface area contributed by atoms with Gasteiger partial charge in [-0.1, -0.05) is 26.8 Å². The molecule has 0 radical (unpaired) electrons. The highest BCUT2D eigenvalue weighted by atomic mass is 16.5. The summed E-state index contributed by atoms with van der Waals surface area (Å²) in [6.07, 6.45) is 1.43. The molecule has 1 aromatic carbocycles. The summed E-state index contributed by atoms with van der Waals surface area (Å²) >= 11 is 0. The molecule has 2 heteroatoms. The topological polar surface area (TPSA) is 26.3 Å². The van der Waals surface area contributed by atoms with Crippen molar-refractivity contribution >= 4 is 5.97 Å². The van der Waals surface area contributed by atoms with E-state index >= 15 is 0 Å². The quantitative estimate of drug-likeness (QED) is 0.573. The molecule has 1 rings (SSSR count). The van der Waals surface area contributed by atoms with Crippen LogP contribution in [0.4, 0.5) is 0 Å². The predicted molar refractivity (Wildman–Crippen MR) is 65.6 cm³/mol. The van der Waals surface area contributed by atoms with Crippen LogP contribution < -0.4 is 4.74 Å². The molecule has 0 saturated heterocycles. The molecule has 0 aliphatic rings. The Bertz CT molecular complexity index is 367. The maximum Gasteiger partial charge on any atom is 0.310 e. The fourth-order valence-electron chi connectivity index (χ4n) is 1.57. The Hall–Kier alpha value is -1.31. The summed E-state index contributed by atoms with van der Waals surface area (Å²) in [5.41, 5.74) is 2.52. The molecule has 16 heavy (non-hydrogen) atoms. The highest BCUT2D eigenvalue weighted by Crippen LogP contribution is 2.20. The average molecular weight is 220 g/mol. The van der Waals surface area contributed by atoms with E-state index in [0.29, 0.717) is 18.1 Å². The van der Waals surface area contributed by atoms with Crippen molar-refractivity contribution in [2.75, 3.05) is 0 Å². The summed E-state index contributed by atoms with van der Waals surface area (Å²) in [7, 11) is 0. The summed E-state index contributed by atoms with van der Waals surface area (Å²) in [6, 6.07) is 5.84. The van der Waals surface area contributed by atoms with Crippen LogP contribution in [-0.4, -0.2) is 5.97 Å². The van der Waals surface area contributed by atoms with E-state index in [-0.39, 0.29) is 5.97 Å². The normalized spacial score (nSPS) is 10.6. The third-order valence-electron chi connectivity index (χ3n) is 2.47. The number of hydrogen-bond acceptors (Lipinski definition) is 2. The summed E-state index contributed by atoms with van der Waals surface area (Å²) in [6.45, 7) is 8.25. The van der Waals surface area contributed by atoms with Crippen LogP contribution in [0.5, 0.6) is 5.75 Å². The van der Waals surface area contributed by atoms with Gasteiger partial charge in [0.2, 0.25) is 0 Å². The maximum absolute atomic E-state index is 11.2. The van der Waals surface area contributed by atoms with Crippen LogP contribution in [0.1, 0.15) is 38.3 Å². The molecule has 0 amide bonds. The summed E-state index contributed by atoms with van der Waals surface area (Å²) in [5, 5.41) is 0. The zero-order chi connectivity index (χ0) is 12.1. The number of rotatable bonds is 4. The van der Waals surface area contributed by atoms with Crippen molar-refractivity contribution in [1.29, 1.82) is 0 Å². The lowest BCUT2D eigenvalue weighted by molar-refractivity contribution is -0.134. The van der Waals surface area contributed by atoms with E-state index in [9.17, 15) is 4.79 Å². The van der Waals surface area contributed by atoms with Crippen LogP contribution >= 0.6 is 0 Å².